The molecule has 12 heteroatoms. The molecule has 0 aliphatic rings. The van der Waals surface area contributed by atoms with E-state index < -0.39 is 57.8 Å². The lowest BCUT2D eigenvalue weighted by Crippen LogP contribution is -2.30. The van der Waals surface area contributed by atoms with Crippen LogP contribution in [0.15, 0.2) is 122 Å². The Balaban J connectivity index is 4.88. The van der Waals surface area contributed by atoms with Crippen molar-refractivity contribution in [3.63, 3.8) is 0 Å². The fraction of sp³-hybridized carbons (Fsp3) is 0.641. The van der Waals surface area contributed by atoms with E-state index in [1.54, 1.807) is 0 Å². The number of aliphatic hydroxyl groups excluding tert-OH is 1. The third kappa shape index (κ3) is 54.7. The number of carbonyl (C=O) groups is 3. The van der Waals surface area contributed by atoms with Crippen LogP contribution >= 0.6 is 7.82 Å². The van der Waals surface area contributed by atoms with Gasteiger partial charge in [-0.3, -0.25) is 23.4 Å². The molecule has 2 N–H and O–H groups in total. The summed E-state index contributed by atoms with van der Waals surface area (Å²) in [5, 5.41) is 9.81. The lowest BCUT2D eigenvalue weighted by atomic mass is 10.1. The average Bonchev–Trinajstić information content (AvgIpc) is 3.41. The van der Waals surface area contributed by atoms with Crippen LogP contribution in [-0.4, -0.2) is 66.5 Å². The smallest absolute Gasteiger partial charge is 0.462 e. The van der Waals surface area contributed by atoms with Gasteiger partial charge in [0.05, 0.1) is 19.8 Å². The largest absolute Gasteiger partial charge is 0.472 e. The maximum Gasteiger partial charge on any atom is 0.472 e. The summed E-state index contributed by atoms with van der Waals surface area (Å²) in [5.74, 6) is -1.60. The lowest BCUT2D eigenvalue weighted by Gasteiger charge is -2.21. The van der Waals surface area contributed by atoms with E-state index in [1.165, 1.54) is 38.5 Å². The number of aliphatic hydroxyl groups is 1. The molecule has 0 bridgehead atoms. The molecule has 0 aromatic carbocycles. The number of phosphoric acid groups is 1. The van der Waals surface area contributed by atoms with E-state index in [9.17, 15) is 28.9 Å². The van der Waals surface area contributed by atoms with Crippen molar-refractivity contribution in [2.45, 2.75) is 238 Å². The predicted octanol–water partition coefficient (Wildman–Crippen LogP) is 17.6. The van der Waals surface area contributed by atoms with Gasteiger partial charge in [-0.15, -0.1) is 0 Å². The molecule has 0 heterocycles. The molecule has 11 nitrogen and oxygen atoms in total. The zero-order valence-electron chi connectivity index (χ0n) is 47.7. The molecular weight excluding hydrogens is 976 g/mol. The molecule has 432 valence electrons. The first-order chi connectivity index (χ1) is 37.2. The van der Waals surface area contributed by atoms with Crippen LogP contribution in [0.2, 0.25) is 0 Å². The fourth-order valence-corrected chi connectivity index (χ4v) is 8.23. The monoisotopic (exact) mass is 1080 g/mol. The third-order valence-electron chi connectivity index (χ3n) is 11.9. The van der Waals surface area contributed by atoms with Gasteiger partial charge < -0.3 is 24.2 Å². The maximum absolute atomic E-state index is 12.9. The Kier molecular flexibility index (Phi) is 54.0. The summed E-state index contributed by atoms with van der Waals surface area (Å²) in [5.41, 5.74) is 0. The minimum absolute atomic E-state index is 0.0338. The molecule has 76 heavy (non-hydrogen) atoms. The van der Waals surface area contributed by atoms with Crippen molar-refractivity contribution in [1.29, 1.82) is 0 Å². The highest BCUT2D eigenvalue weighted by atomic mass is 31.2. The Morgan fingerprint density at radius 1 is 0.382 bits per heavy atom. The van der Waals surface area contributed by atoms with E-state index in [4.69, 9.17) is 23.3 Å². The minimum Gasteiger partial charge on any atom is -0.462 e. The SMILES string of the molecule is CC/C=C\C/C=C\C/C=C\C/C=C\C/C=C\C/C=C\CCC(=O)OC(COC(=O)CCCCCCCCC/C=C\C/C=C\C/C=C\CC)COP(=O)(O)OCC(CO)OC(=O)CCCCCCC/C=C\CCCCCC. The molecule has 0 saturated heterocycles. The number of phosphoric ester groups is 1. The molecular formula is C64H105O11P. The van der Waals surface area contributed by atoms with Crippen LogP contribution in [0.25, 0.3) is 0 Å². The number of carbonyl (C=O) groups excluding carboxylic acids is 3. The molecule has 0 radical (unpaired) electrons. The van der Waals surface area contributed by atoms with Crippen LogP contribution in [-0.2, 0) is 42.2 Å². The van der Waals surface area contributed by atoms with E-state index in [1.807, 2.05) is 12.2 Å². The number of esters is 3. The highest BCUT2D eigenvalue weighted by Gasteiger charge is 2.28. The van der Waals surface area contributed by atoms with Crippen molar-refractivity contribution in [3.8, 4) is 0 Å². The van der Waals surface area contributed by atoms with Gasteiger partial charge in [-0.05, 0) is 116 Å². The van der Waals surface area contributed by atoms with E-state index >= 15 is 0 Å². The number of rotatable bonds is 53. The second kappa shape index (κ2) is 57.1. The normalized spacial score (nSPS) is 14.2. The van der Waals surface area contributed by atoms with Crippen LogP contribution in [0.4, 0.5) is 0 Å². The Hall–Kier alpha value is -4.12. The highest BCUT2D eigenvalue weighted by Crippen LogP contribution is 2.43. The standard InChI is InChI=1S/C64H105O11P/c1-4-7-10-13-16-19-22-25-27-29-30-32-34-37-40-43-46-49-52-55-64(68)75-61(57-71-62(66)53-50-47-44-41-38-36-33-31-28-26-23-20-17-14-11-8-5-2)59-73-76(69,70)72-58-60(56-65)74-63(67)54-51-48-45-42-39-35-24-21-18-15-12-9-6-3/h7-8,10-11,16-17,19-21,24-28,30,32,37,40,46,49,60-61,65H,4-6,9,12-15,18,22-23,29,31,33-36,38-39,41-45,47-48,50-59H2,1-3H3,(H,69,70)/b10-7-,11-8-,19-16-,20-17-,24-21-,27-25-,28-26-,32-30-,40-37-,49-46-. The van der Waals surface area contributed by atoms with Gasteiger partial charge in [0, 0.05) is 19.3 Å². The first-order valence-electron chi connectivity index (χ1n) is 29.4. The van der Waals surface area contributed by atoms with Crippen molar-refractivity contribution in [1.82, 2.24) is 0 Å². The summed E-state index contributed by atoms with van der Waals surface area (Å²) in [4.78, 5) is 48.5. The van der Waals surface area contributed by atoms with E-state index in [0.29, 0.717) is 25.7 Å². The maximum atomic E-state index is 12.9. The number of hydrogen-bond donors (Lipinski definition) is 2. The molecule has 0 aliphatic heterocycles. The number of unbranched alkanes of at least 4 members (excludes halogenated alkanes) is 16. The molecule has 3 atom stereocenters. The summed E-state index contributed by atoms with van der Waals surface area (Å²) in [7, 11) is -4.78. The minimum atomic E-state index is -4.78. The first kappa shape index (κ1) is 71.9. The first-order valence-corrected chi connectivity index (χ1v) is 30.9. The van der Waals surface area contributed by atoms with E-state index in [-0.39, 0.29) is 25.9 Å². The van der Waals surface area contributed by atoms with Gasteiger partial charge in [0.1, 0.15) is 12.7 Å². The molecule has 0 rings (SSSR count). The van der Waals surface area contributed by atoms with Gasteiger partial charge in [0.25, 0.3) is 0 Å². The van der Waals surface area contributed by atoms with E-state index in [2.05, 4.69) is 130 Å². The summed E-state index contributed by atoms with van der Waals surface area (Å²) in [6.45, 7) is 4.29. The van der Waals surface area contributed by atoms with Crippen molar-refractivity contribution >= 4 is 25.7 Å². The van der Waals surface area contributed by atoms with Gasteiger partial charge in [0.15, 0.2) is 6.10 Å². The summed E-state index contributed by atoms with van der Waals surface area (Å²) in [6.07, 6.45) is 70.3. The fourth-order valence-electron chi connectivity index (χ4n) is 7.45. The summed E-state index contributed by atoms with van der Waals surface area (Å²) >= 11 is 0. The van der Waals surface area contributed by atoms with Crippen molar-refractivity contribution < 1.29 is 52.2 Å². The van der Waals surface area contributed by atoms with Crippen LogP contribution in [0, 0.1) is 0 Å². The number of ether oxygens (including phenoxy) is 3. The molecule has 0 aromatic rings. The molecule has 0 amide bonds. The molecule has 3 unspecified atom stereocenters. The third-order valence-corrected chi connectivity index (χ3v) is 12.8. The van der Waals surface area contributed by atoms with Gasteiger partial charge in [-0.25, -0.2) is 4.57 Å². The zero-order chi connectivity index (χ0) is 55.5. The number of allylic oxidation sites excluding steroid dienone is 20. The Morgan fingerprint density at radius 3 is 1.14 bits per heavy atom. The predicted molar refractivity (Wildman–Crippen MR) is 316 cm³/mol. The van der Waals surface area contributed by atoms with Crippen LogP contribution in [0.5, 0.6) is 0 Å². The van der Waals surface area contributed by atoms with E-state index in [0.717, 1.165) is 122 Å². The Morgan fingerprint density at radius 2 is 0.711 bits per heavy atom. The van der Waals surface area contributed by atoms with Crippen LogP contribution in [0.1, 0.15) is 226 Å². The second-order valence-electron chi connectivity index (χ2n) is 19.0. The van der Waals surface area contributed by atoms with Crippen molar-refractivity contribution in [3.05, 3.63) is 122 Å². The quantitative estimate of drug-likeness (QED) is 0.0197. The lowest BCUT2D eigenvalue weighted by molar-refractivity contribution is -0.161. The molecule has 0 saturated carbocycles. The zero-order valence-corrected chi connectivity index (χ0v) is 48.6. The van der Waals surface area contributed by atoms with Crippen molar-refractivity contribution in [2.75, 3.05) is 26.4 Å². The van der Waals surface area contributed by atoms with Gasteiger partial charge in [-0.2, -0.15) is 0 Å². The highest BCUT2D eigenvalue weighted by molar-refractivity contribution is 7.47. The molecule has 0 spiro atoms. The second-order valence-corrected chi connectivity index (χ2v) is 20.5. The van der Waals surface area contributed by atoms with Gasteiger partial charge >= 0.3 is 25.7 Å². The van der Waals surface area contributed by atoms with Gasteiger partial charge in [-0.1, -0.05) is 213 Å². The van der Waals surface area contributed by atoms with Gasteiger partial charge in [0.2, 0.25) is 0 Å². The molecule has 0 aromatic heterocycles. The topological polar surface area (TPSA) is 155 Å². The Bertz CT molecular complexity index is 1740. The summed E-state index contributed by atoms with van der Waals surface area (Å²) in [6, 6.07) is 0. The molecule has 0 fully saturated rings. The summed E-state index contributed by atoms with van der Waals surface area (Å²) < 4.78 is 39.4. The Labute approximate surface area is 462 Å². The molecule has 0 aliphatic carbocycles. The van der Waals surface area contributed by atoms with Crippen molar-refractivity contribution in [2.24, 2.45) is 0 Å². The average molecular weight is 1080 g/mol. The van der Waals surface area contributed by atoms with Crippen LogP contribution in [0.3, 0.4) is 0 Å². The van der Waals surface area contributed by atoms with Crippen LogP contribution < -0.4 is 0 Å². The number of hydrogen-bond acceptors (Lipinski definition) is 10.